The lowest BCUT2D eigenvalue weighted by Gasteiger charge is -2.31. The number of benzene rings is 1. The van der Waals surface area contributed by atoms with Crippen molar-refractivity contribution in [1.82, 2.24) is 0 Å². The maximum atomic E-state index is 12.6. The minimum atomic E-state index is -1.24. The van der Waals surface area contributed by atoms with Gasteiger partial charge in [-0.05, 0) is 17.7 Å². The number of carbonyl (C=O) groups excluding carboxylic acids is 3. The van der Waals surface area contributed by atoms with Crippen molar-refractivity contribution in [3.05, 3.63) is 23.8 Å². The number of ketones is 1. The average molecular weight is 656 g/mol. The average Bonchev–Trinajstić information content (AvgIpc) is 3.00. The van der Waals surface area contributed by atoms with Crippen molar-refractivity contribution in [3.63, 3.8) is 0 Å². The van der Waals surface area contributed by atoms with E-state index in [1.54, 1.807) is 32.0 Å². The van der Waals surface area contributed by atoms with E-state index in [2.05, 4.69) is 5.32 Å². The van der Waals surface area contributed by atoms with E-state index >= 15 is 0 Å². The lowest BCUT2D eigenvalue weighted by atomic mass is 10.1. The second-order valence-electron chi connectivity index (χ2n) is 11.3. The molecule has 0 spiro atoms. The molecule has 2 rings (SSSR count). The predicted molar refractivity (Wildman–Crippen MR) is 164 cm³/mol. The van der Waals surface area contributed by atoms with E-state index in [1.807, 2.05) is 13.8 Å². The van der Waals surface area contributed by atoms with Gasteiger partial charge in [0.05, 0.1) is 77.0 Å². The number of carboxylic acids is 1. The van der Waals surface area contributed by atoms with Crippen molar-refractivity contribution in [3.8, 4) is 5.75 Å². The quantitative estimate of drug-likeness (QED) is 0.116. The first-order valence-electron chi connectivity index (χ1n) is 15.6. The van der Waals surface area contributed by atoms with Gasteiger partial charge in [0.15, 0.2) is 6.10 Å². The highest BCUT2D eigenvalue weighted by Gasteiger charge is 2.34. The van der Waals surface area contributed by atoms with Crippen molar-refractivity contribution in [2.24, 2.45) is 11.8 Å². The summed E-state index contributed by atoms with van der Waals surface area (Å²) in [6.07, 6.45) is -2.86. The molecule has 1 aromatic rings. The Kier molecular flexibility index (Phi) is 18.3. The first-order valence-corrected chi connectivity index (χ1v) is 15.6. The fourth-order valence-corrected chi connectivity index (χ4v) is 4.02. The Morgan fingerprint density at radius 2 is 1.43 bits per heavy atom. The zero-order valence-corrected chi connectivity index (χ0v) is 27.2. The van der Waals surface area contributed by atoms with E-state index in [-0.39, 0.29) is 80.0 Å². The number of rotatable bonds is 23. The van der Waals surface area contributed by atoms with Crippen LogP contribution in [-0.2, 0) is 54.2 Å². The van der Waals surface area contributed by atoms with E-state index in [0.717, 1.165) is 0 Å². The van der Waals surface area contributed by atoms with Crippen LogP contribution in [0.1, 0.15) is 58.9 Å². The van der Waals surface area contributed by atoms with Crippen LogP contribution in [-0.4, -0.2) is 105 Å². The smallest absolute Gasteiger partial charge is 0.333 e. The second kappa shape index (κ2) is 21.6. The Hall–Kier alpha value is -3.14. The molecule has 0 aromatic heterocycles. The Morgan fingerprint density at radius 3 is 2.00 bits per heavy atom. The third-order valence-electron chi connectivity index (χ3n) is 6.70. The summed E-state index contributed by atoms with van der Waals surface area (Å²) in [6.45, 7) is 9.84. The largest absolute Gasteiger partial charge is 0.479 e. The third kappa shape index (κ3) is 15.9. The highest BCUT2D eigenvalue weighted by molar-refractivity contribution is 5.92. The number of hydrogen-bond donors (Lipinski definition) is 3. The molecule has 0 saturated carbocycles. The second-order valence-corrected chi connectivity index (χ2v) is 11.3. The summed E-state index contributed by atoms with van der Waals surface area (Å²) >= 11 is 0. The molecular formula is C32H49NO13. The van der Waals surface area contributed by atoms with Crippen LogP contribution in [0.2, 0.25) is 0 Å². The van der Waals surface area contributed by atoms with Crippen molar-refractivity contribution in [1.29, 1.82) is 0 Å². The van der Waals surface area contributed by atoms with Crippen molar-refractivity contribution >= 4 is 29.3 Å². The van der Waals surface area contributed by atoms with Crippen LogP contribution in [0.3, 0.4) is 0 Å². The van der Waals surface area contributed by atoms with Gasteiger partial charge in [-0.1, -0.05) is 33.8 Å². The molecule has 1 amide bonds. The minimum Gasteiger partial charge on any atom is -0.479 e. The number of anilines is 1. The van der Waals surface area contributed by atoms with Crippen molar-refractivity contribution < 1.29 is 62.5 Å². The Balaban J connectivity index is 1.73. The van der Waals surface area contributed by atoms with Crippen LogP contribution in [0.4, 0.5) is 5.69 Å². The molecule has 1 aliphatic heterocycles. The van der Waals surface area contributed by atoms with Gasteiger partial charge in [0, 0.05) is 25.2 Å². The molecule has 3 unspecified atom stereocenters. The number of carboxylic acid groups (broad SMARTS) is 1. The van der Waals surface area contributed by atoms with Crippen LogP contribution in [0.5, 0.6) is 5.75 Å². The Morgan fingerprint density at radius 1 is 0.848 bits per heavy atom. The summed E-state index contributed by atoms with van der Waals surface area (Å²) < 4.78 is 38.4. The van der Waals surface area contributed by atoms with Gasteiger partial charge in [0.25, 0.3) is 0 Å². The molecule has 1 aromatic carbocycles. The topological polar surface area (TPSA) is 185 Å². The van der Waals surface area contributed by atoms with Gasteiger partial charge in [-0.25, -0.2) is 4.79 Å². The molecule has 1 aliphatic rings. The minimum absolute atomic E-state index is 0.0163. The van der Waals surface area contributed by atoms with Crippen molar-refractivity contribution in [2.45, 2.75) is 78.5 Å². The fraction of sp³-hybridized carbons (Fsp3) is 0.688. The van der Waals surface area contributed by atoms with E-state index in [0.29, 0.717) is 51.6 Å². The highest BCUT2D eigenvalue weighted by atomic mass is 16.7. The van der Waals surface area contributed by atoms with Crippen LogP contribution in [0.15, 0.2) is 18.2 Å². The molecule has 1 saturated heterocycles. The van der Waals surface area contributed by atoms with Crippen molar-refractivity contribution in [2.75, 3.05) is 58.2 Å². The number of Topliss-reactive ketones (excluding diaryl/α,β-unsaturated/α-hetero) is 1. The molecule has 3 atom stereocenters. The summed E-state index contributed by atoms with van der Waals surface area (Å²) in [4.78, 5) is 47.5. The molecule has 1 heterocycles. The standard InChI is InChI=1S/C32H49NO13/c1-21(2)26(35)7-9-40-11-13-42-15-16-43-14-12-41-10-8-29(36)33-25-6-5-23(20-44-32(39)22(3)4)17-27(25)45-30-19-24(34)18-28(46-30)31(37)38/h5-6,17,21-22,24,28,30,34H,7-16,18-20H2,1-4H3,(H,33,36)(H,37,38). The zero-order chi connectivity index (χ0) is 33.9. The van der Waals surface area contributed by atoms with Gasteiger partial charge in [0.1, 0.15) is 18.1 Å². The summed E-state index contributed by atoms with van der Waals surface area (Å²) in [5.41, 5.74) is 0.863. The number of esters is 1. The molecule has 3 N–H and O–H groups in total. The van der Waals surface area contributed by atoms with E-state index < -0.39 is 24.5 Å². The summed E-state index contributed by atoms with van der Waals surface area (Å²) in [5, 5.41) is 22.2. The van der Waals surface area contributed by atoms with E-state index in [1.165, 1.54) is 0 Å². The summed E-state index contributed by atoms with van der Waals surface area (Å²) in [6, 6.07) is 4.80. The number of aliphatic carboxylic acids is 1. The number of amides is 1. The zero-order valence-electron chi connectivity index (χ0n) is 27.2. The van der Waals surface area contributed by atoms with Crippen LogP contribution >= 0.6 is 0 Å². The van der Waals surface area contributed by atoms with Gasteiger partial charge in [0.2, 0.25) is 12.2 Å². The summed E-state index contributed by atoms with van der Waals surface area (Å²) in [7, 11) is 0. The first kappa shape index (κ1) is 39.0. The number of hydrogen-bond acceptors (Lipinski definition) is 12. The number of aliphatic hydroxyl groups excluding tert-OH is 1. The van der Waals surface area contributed by atoms with Crippen LogP contribution < -0.4 is 10.1 Å². The van der Waals surface area contributed by atoms with Gasteiger partial charge < -0.3 is 48.7 Å². The SMILES string of the molecule is CC(C)C(=O)CCOCCOCCOCCOCCC(=O)Nc1ccc(COC(=O)C(C)C)cc1OC1CC(O)CC(C(=O)O)O1. The number of carbonyl (C=O) groups is 4. The predicted octanol–water partition coefficient (Wildman–Crippen LogP) is 2.73. The van der Waals surface area contributed by atoms with Gasteiger partial charge >= 0.3 is 11.9 Å². The molecule has 0 radical (unpaired) electrons. The molecule has 14 nitrogen and oxygen atoms in total. The number of ether oxygens (including phenoxy) is 7. The lowest BCUT2D eigenvalue weighted by molar-refractivity contribution is -0.195. The fourth-order valence-electron chi connectivity index (χ4n) is 4.02. The molecule has 260 valence electrons. The van der Waals surface area contributed by atoms with Crippen LogP contribution in [0, 0.1) is 11.8 Å². The number of aliphatic hydroxyl groups is 1. The van der Waals surface area contributed by atoms with E-state index in [9.17, 15) is 29.4 Å². The molecule has 46 heavy (non-hydrogen) atoms. The highest BCUT2D eigenvalue weighted by Crippen LogP contribution is 2.31. The van der Waals surface area contributed by atoms with Gasteiger partial charge in [-0.15, -0.1) is 0 Å². The van der Waals surface area contributed by atoms with Gasteiger partial charge in [-0.3, -0.25) is 14.4 Å². The normalized spacial score (nSPS) is 18.0. The first-order chi connectivity index (χ1) is 22.0. The molecule has 0 aliphatic carbocycles. The monoisotopic (exact) mass is 655 g/mol. The molecule has 0 bridgehead atoms. The lowest BCUT2D eigenvalue weighted by Crippen LogP contribution is -2.42. The van der Waals surface area contributed by atoms with Crippen LogP contribution in [0.25, 0.3) is 0 Å². The molecule has 14 heteroatoms. The van der Waals surface area contributed by atoms with E-state index in [4.69, 9.17) is 33.2 Å². The Labute approximate surface area is 269 Å². The maximum absolute atomic E-state index is 12.6. The third-order valence-corrected chi connectivity index (χ3v) is 6.70. The number of nitrogens with one attached hydrogen (secondary N) is 1. The molecule has 1 fully saturated rings. The maximum Gasteiger partial charge on any atom is 0.333 e. The molecular weight excluding hydrogens is 606 g/mol. The van der Waals surface area contributed by atoms with Gasteiger partial charge in [-0.2, -0.15) is 0 Å². The Bertz CT molecular complexity index is 1090. The summed E-state index contributed by atoms with van der Waals surface area (Å²) in [5.74, 6) is -1.91.